The molecule has 1 aromatic rings. The van der Waals surface area contributed by atoms with Crippen molar-refractivity contribution < 1.29 is 4.79 Å². The zero-order valence-electron chi connectivity index (χ0n) is 8.75. The van der Waals surface area contributed by atoms with Gasteiger partial charge in [0, 0.05) is 18.0 Å². The Morgan fingerprint density at radius 1 is 1.38 bits per heavy atom. The molecule has 0 aliphatic heterocycles. The number of benzene rings is 1. The Labute approximate surface area is 105 Å². The summed E-state index contributed by atoms with van der Waals surface area (Å²) in [5.74, 6) is 0.574. The van der Waals surface area contributed by atoms with Crippen molar-refractivity contribution >= 4 is 29.0 Å². The molecule has 1 aromatic carbocycles. The van der Waals surface area contributed by atoms with E-state index in [1.165, 1.54) is 0 Å². The van der Waals surface area contributed by atoms with Crippen LogP contribution in [-0.2, 0) is 0 Å². The van der Waals surface area contributed by atoms with Gasteiger partial charge in [0.25, 0.3) is 0 Å². The van der Waals surface area contributed by atoms with Crippen LogP contribution >= 0.6 is 23.2 Å². The Hall–Kier alpha value is -0.570. The number of rotatable bonds is 4. The molecule has 1 aliphatic carbocycles. The van der Waals surface area contributed by atoms with Gasteiger partial charge in [-0.1, -0.05) is 23.2 Å². The van der Waals surface area contributed by atoms with Crippen LogP contribution in [0.2, 0.25) is 10.0 Å². The fourth-order valence-corrected chi connectivity index (χ4v) is 1.99. The summed E-state index contributed by atoms with van der Waals surface area (Å²) in [5.41, 5.74) is 6.49. The first-order valence-electron chi connectivity index (χ1n) is 5.32. The first-order chi connectivity index (χ1) is 7.58. The van der Waals surface area contributed by atoms with Crippen molar-refractivity contribution in [2.24, 2.45) is 11.7 Å². The molecule has 1 fully saturated rings. The number of Topliss-reactive ketones (excluding diaryl/α,β-unsaturated/α-hetero) is 1. The summed E-state index contributed by atoms with van der Waals surface area (Å²) in [6.45, 7) is 0. The van der Waals surface area contributed by atoms with Crippen LogP contribution in [0.25, 0.3) is 0 Å². The predicted molar refractivity (Wildman–Crippen MR) is 66.1 cm³/mol. The van der Waals surface area contributed by atoms with Crippen molar-refractivity contribution in [3.05, 3.63) is 33.8 Å². The standard InChI is InChI=1S/C12H13Cl2NO/c13-9-4-3-8(5-10(9)14)12(16)6-11(15)7-1-2-7/h3-5,7,11H,1-2,6,15H2. The number of halogens is 2. The van der Waals surface area contributed by atoms with Crippen LogP contribution in [0, 0.1) is 5.92 Å². The summed E-state index contributed by atoms with van der Waals surface area (Å²) < 4.78 is 0. The van der Waals surface area contributed by atoms with Crippen molar-refractivity contribution in [1.82, 2.24) is 0 Å². The fraction of sp³-hybridized carbons (Fsp3) is 0.417. The third-order valence-electron chi connectivity index (χ3n) is 2.89. The van der Waals surface area contributed by atoms with Gasteiger partial charge in [0.1, 0.15) is 0 Å². The van der Waals surface area contributed by atoms with E-state index < -0.39 is 0 Å². The zero-order chi connectivity index (χ0) is 11.7. The van der Waals surface area contributed by atoms with Gasteiger partial charge < -0.3 is 5.73 Å². The van der Waals surface area contributed by atoms with Gasteiger partial charge in [0.05, 0.1) is 10.0 Å². The summed E-state index contributed by atoms with van der Waals surface area (Å²) in [5, 5.41) is 0.872. The lowest BCUT2D eigenvalue weighted by atomic mass is 10.0. The summed E-state index contributed by atoms with van der Waals surface area (Å²) in [6, 6.07) is 4.92. The first kappa shape index (κ1) is 11.9. The third-order valence-corrected chi connectivity index (χ3v) is 3.63. The second-order valence-electron chi connectivity index (χ2n) is 4.26. The minimum absolute atomic E-state index is 0.0121. The molecular weight excluding hydrogens is 245 g/mol. The fourth-order valence-electron chi connectivity index (χ4n) is 1.69. The molecule has 2 N–H and O–H groups in total. The van der Waals surface area contributed by atoms with E-state index in [0.29, 0.717) is 27.9 Å². The van der Waals surface area contributed by atoms with Crippen molar-refractivity contribution in [2.45, 2.75) is 25.3 Å². The quantitative estimate of drug-likeness (QED) is 0.842. The van der Waals surface area contributed by atoms with Gasteiger partial charge in [0.2, 0.25) is 0 Å². The van der Waals surface area contributed by atoms with E-state index in [2.05, 4.69) is 0 Å². The monoisotopic (exact) mass is 257 g/mol. The molecule has 0 radical (unpaired) electrons. The van der Waals surface area contributed by atoms with Gasteiger partial charge in [-0.15, -0.1) is 0 Å². The Morgan fingerprint density at radius 3 is 2.62 bits per heavy atom. The zero-order valence-corrected chi connectivity index (χ0v) is 10.3. The molecule has 0 spiro atoms. The molecule has 0 saturated heterocycles. The molecule has 2 nitrogen and oxygen atoms in total. The molecule has 0 aromatic heterocycles. The average molecular weight is 258 g/mol. The smallest absolute Gasteiger partial charge is 0.164 e. The number of carbonyl (C=O) groups is 1. The van der Waals surface area contributed by atoms with Crippen LogP contribution in [0.1, 0.15) is 29.6 Å². The minimum Gasteiger partial charge on any atom is -0.327 e. The van der Waals surface area contributed by atoms with Crippen molar-refractivity contribution in [2.75, 3.05) is 0 Å². The number of ketones is 1. The highest BCUT2D eigenvalue weighted by atomic mass is 35.5. The first-order valence-corrected chi connectivity index (χ1v) is 6.07. The normalized spacial score (nSPS) is 17.2. The highest BCUT2D eigenvalue weighted by Crippen LogP contribution is 2.33. The topological polar surface area (TPSA) is 43.1 Å². The second-order valence-corrected chi connectivity index (χ2v) is 5.07. The van der Waals surface area contributed by atoms with Crippen LogP contribution in [0.5, 0.6) is 0 Å². The maximum Gasteiger partial charge on any atom is 0.164 e. The molecule has 1 unspecified atom stereocenters. The van der Waals surface area contributed by atoms with E-state index in [9.17, 15) is 4.79 Å². The number of hydrogen-bond donors (Lipinski definition) is 1. The number of hydrogen-bond acceptors (Lipinski definition) is 2. The van der Waals surface area contributed by atoms with Gasteiger partial charge >= 0.3 is 0 Å². The Kier molecular flexibility index (Phi) is 3.53. The van der Waals surface area contributed by atoms with Crippen molar-refractivity contribution in [1.29, 1.82) is 0 Å². The van der Waals surface area contributed by atoms with Gasteiger partial charge in [0.15, 0.2) is 5.78 Å². The Morgan fingerprint density at radius 2 is 2.06 bits per heavy atom. The van der Waals surface area contributed by atoms with Crippen LogP contribution in [0.3, 0.4) is 0 Å². The maximum absolute atomic E-state index is 11.9. The summed E-state index contributed by atoms with van der Waals surface area (Å²) in [6.07, 6.45) is 2.69. The van der Waals surface area contributed by atoms with E-state index >= 15 is 0 Å². The molecule has 0 bridgehead atoms. The maximum atomic E-state index is 11.9. The number of nitrogens with two attached hydrogens (primary N) is 1. The van der Waals surface area contributed by atoms with E-state index in [0.717, 1.165) is 12.8 Å². The highest BCUT2D eigenvalue weighted by Gasteiger charge is 2.30. The Bertz CT molecular complexity index is 415. The SMILES string of the molecule is NC(CC(=O)c1ccc(Cl)c(Cl)c1)C1CC1. The van der Waals surface area contributed by atoms with Gasteiger partial charge in [-0.05, 0) is 37.0 Å². The molecule has 0 amide bonds. The summed E-state index contributed by atoms with van der Waals surface area (Å²) >= 11 is 11.6. The molecule has 1 atom stereocenters. The molecule has 0 heterocycles. The third kappa shape index (κ3) is 2.76. The lowest BCUT2D eigenvalue weighted by Crippen LogP contribution is -2.25. The van der Waals surface area contributed by atoms with Crippen LogP contribution in [0.4, 0.5) is 0 Å². The van der Waals surface area contributed by atoms with Crippen LogP contribution in [-0.4, -0.2) is 11.8 Å². The van der Waals surface area contributed by atoms with Gasteiger partial charge in [-0.3, -0.25) is 4.79 Å². The predicted octanol–water partition coefficient (Wildman–Crippen LogP) is 3.30. The van der Waals surface area contributed by atoms with E-state index in [1.54, 1.807) is 18.2 Å². The molecule has 86 valence electrons. The Balaban J connectivity index is 2.05. The lowest BCUT2D eigenvalue weighted by molar-refractivity contribution is 0.0971. The van der Waals surface area contributed by atoms with Crippen molar-refractivity contribution in [3.63, 3.8) is 0 Å². The van der Waals surface area contributed by atoms with E-state index in [-0.39, 0.29) is 11.8 Å². The van der Waals surface area contributed by atoms with E-state index in [1.807, 2.05) is 0 Å². The minimum atomic E-state index is -0.0121. The molecular formula is C12H13Cl2NO. The average Bonchev–Trinajstić information content (AvgIpc) is 3.05. The van der Waals surface area contributed by atoms with Crippen LogP contribution in [0.15, 0.2) is 18.2 Å². The summed E-state index contributed by atoms with van der Waals surface area (Å²) in [4.78, 5) is 11.9. The molecule has 16 heavy (non-hydrogen) atoms. The molecule has 1 aliphatic rings. The number of carbonyl (C=O) groups excluding carboxylic acids is 1. The molecule has 1 saturated carbocycles. The molecule has 2 rings (SSSR count). The summed E-state index contributed by atoms with van der Waals surface area (Å²) in [7, 11) is 0. The largest absolute Gasteiger partial charge is 0.327 e. The lowest BCUT2D eigenvalue weighted by Gasteiger charge is -2.09. The second kappa shape index (κ2) is 4.74. The highest BCUT2D eigenvalue weighted by molar-refractivity contribution is 6.42. The van der Waals surface area contributed by atoms with Crippen molar-refractivity contribution in [3.8, 4) is 0 Å². The molecule has 4 heteroatoms. The van der Waals surface area contributed by atoms with E-state index in [4.69, 9.17) is 28.9 Å². The van der Waals surface area contributed by atoms with Gasteiger partial charge in [-0.2, -0.15) is 0 Å². The van der Waals surface area contributed by atoms with Gasteiger partial charge in [-0.25, -0.2) is 0 Å². The van der Waals surface area contributed by atoms with Crippen LogP contribution < -0.4 is 5.73 Å².